The second-order valence-corrected chi connectivity index (χ2v) is 7.61. The smallest absolute Gasteiger partial charge is 0.333 e. The Morgan fingerprint density at radius 3 is 2.22 bits per heavy atom. The van der Waals surface area contributed by atoms with Crippen molar-refractivity contribution in [2.45, 2.75) is 75.5 Å². The number of carbonyl (C=O) groups is 1. The molecule has 7 nitrogen and oxygen atoms in total. The van der Waals surface area contributed by atoms with Gasteiger partial charge in [0.15, 0.2) is 5.60 Å². The Morgan fingerprint density at radius 2 is 1.74 bits per heavy atom. The number of hydrogen-bond acceptors (Lipinski definition) is 7. The largest absolute Gasteiger partial charge is 0.459 e. The van der Waals surface area contributed by atoms with Gasteiger partial charge in [-0.1, -0.05) is 6.58 Å². The molecular weight excluding hydrogens is 304 g/mol. The minimum atomic E-state index is -1.68. The van der Waals surface area contributed by atoms with E-state index in [1.807, 2.05) is 0 Å². The van der Waals surface area contributed by atoms with Crippen LogP contribution in [0.25, 0.3) is 0 Å². The topological polar surface area (TPSA) is 94.5 Å². The minimum Gasteiger partial charge on any atom is -0.459 e. The highest BCUT2D eigenvalue weighted by Crippen LogP contribution is 2.61. The zero-order chi connectivity index (χ0) is 17.4. The van der Waals surface area contributed by atoms with E-state index < -0.39 is 46.9 Å². The lowest BCUT2D eigenvalue weighted by atomic mass is 9.60. The molecule has 2 N–H and O–H groups in total. The molecule has 3 aliphatic rings. The quantitative estimate of drug-likeness (QED) is 0.567. The first kappa shape index (κ1) is 16.9. The summed E-state index contributed by atoms with van der Waals surface area (Å²) in [6, 6.07) is 0. The average Bonchev–Trinajstić information content (AvgIpc) is 2.44. The molecule has 0 bridgehead atoms. The van der Waals surface area contributed by atoms with E-state index in [-0.39, 0.29) is 12.2 Å². The van der Waals surface area contributed by atoms with Crippen LogP contribution in [0.15, 0.2) is 12.2 Å². The Kier molecular flexibility index (Phi) is 3.33. The van der Waals surface area contributed by atoms with E-state index in [1.54, 1.807) is 27.7 Å². The molecule has 130 valence electrons. The normalized spacial score (nSPS) is 45.8. The number of fused-ring (bicyclic) bond motifs is 3. The van der Waals surface area contributed by atoms with Gasteiger partial charge >= 0.3 is 5.97 Å². The fraction of sp³-hybridized carbons (Fsp3) is 0.812. The highest BCUT2D eigenvalue weighted by molar-refractivity contribution is 5.86. The van der Waals surface area contributed by atoms with Gasteiger partial charge in [0.1, 0.15) is 30.5 Å². The van der Waals surface area contributed by atoms with E-state index in [2.05, 4.69) is 6.58 Å². The number of ether oxygens (including phenoxy) is 4. The summed E-state index contributed by atoms with van der Waals surface area (Å²) in [6.45, 7) is 11.7. The molecule has 0 radical (unpaired) electrons. The zero-order valence-corrected chi connectivity index (χ0v) is 14.1. The summed E-state index contributed by atoms with van der Waals surface area (Å²) in [6.07, 6.45) is -2.48. The first-order chi connectivity index (χ1) is 10.4. The van der Waals surface area contributed by atoms with Crippen LogP contribution in [0.2, 0.25) is 0 Å². The molecule has 0 amide bonds. The lowest BCUT2D eigenvalue weighted by molar-refractivity contribution is -0.552. The van der Waals surface area contributed by atoms with E-state index in [1.165, 1.54) is 6.92 Å². The molecule has 3 rings (SSSR count). The lowest BCUT2D eigenvalue weighted by Crippen LogP contribution is -2.94. The Bertz CT molecular complexity index is 569. The van der Waals surface area contributed by atoms with Gasteiger partial charge in [-0.15, -0.1) is 0 Å². The van der Waals surface area contributed by atoms with Crippen LogP contribution in [0.1, 0.15) is 34.6 Å². The van der Waals surface area contributed by atoms with E-state index in [9.17, 15) is 15.0 Å². The summed E-state index contributed by atoms with van der Waals surface area (Å²) in [5, 5.41) is 22.0. The van der Waals surface area contributed by atoms with Crippen LogP contribution in [-0.4, -0.2) is 63.7 Å². The van der Waals surface area contributed by atoms with Crippen molar-refractivity contribution in [1.82, 2.24) is 0 Å². The predicted octanol–water partition coefficient (Wildman–Crippen LogP) is 0.279. The number of aliphatic hydroxyl groups is 2. The van der Waals surface area contributed by atoms with E-state index in [0.717, 1.165) is 0 Å². The number of hydrogen-bond donors (Lipinski definition) is 2. The maximum atomic E-state index is 11.6. The monoisotopic (exact) mass is 328 g/mol. The summed E-state index contributed by atoms with van der Waals surface area (Å²) in [7, 11) is 0. The number of esters is 1. The van der Waals surface area contributed by atoms with Gasteiger partial charge in [0.05, 0.1) is 5.60 Å². The summed E-state index contributed by atoms with van der Waals surface area (Å²) in [5.74, 6) is -2.24. The van der Waals surface area contributed by atoms with E-state index >= 15 is 0 Å². The third kappa shape index (κ3) is 1.91. The third-order valence-corrected chi connectivity index (χ3v) is 5.25. The van der Waals surface area contributed by atoms with Gasteiger partial charge in [-0.25, -0.2) is 4.79 Å². The van der Waals surface area contributed by atoms with Crippen molar-refractivity contribution in [3.05, 3.63) is 12.2 Å². The van der Waals surface area contributed by atoms with Crippen LogP contribution in [0.5, 0.6) is 0 Å². The molecule has 3 fully saturated rings. The first-order valence-electron chi connectivity index (χ1n) is 7.67. The van der Waals surface area contributed by atoms with Crippen LogP contribution in [0.3, 0.4) is 0 Å². The molecule has 3 heterocycles. The van der Waals surface area contributed by atoms with Crippen molar-refractivity contribution >= 4 is 5.97 Å². The molecule has 0 spiro atoms. The number of rotatable bonds is 3. The predicted molar refractivity (Wildman–Crippen MR) is 78.4 cm³/mol. The summed E-state index contributed by atoms with van der Waals surface area (Å²) >= 11 is 0. The highest BCUT2D eigenvalue weighted by Gasteiger charge is 2.83. The van der Waals surface area contributed by atoms with Crippen molar-refractivity contribution in [2.75, 3.05) is 6.61 Å². The Morgan fingerprint density at radius 1 is 1.13 bits per heavy atom. The number of carbonyl (C=O) groups excluding carboxylic acids is 1. The maximum Gasteiger partial charge on any atom is 0.333 e. The van der Waals surface area contributed by atoms with Gasteiger partial charge in [-0.3, -0.25) is 0 Å². The molecule has 3 saturated heterocycles. The van der Waals surface area contributed by atoms with Crippen LogP contribution < -0.4 is 0 Å². The first-order valence-corrected chi connectivity index (χ1v) is 7.67. The third-order valence-electron chi connectivity index (χ3n) is 5.25. The molecule has 7 heteroatoms. The van der Waals surface area contributed by atoms with Crippen molar-refractivity contribution in [2.24, 2.45) is 0 Å². The van der Waals surface area contributed by atoms with E-state index in [4.69, 9.17) is 18.9 Å². The summed E-state index contributed by atoms with van der Waals surface area (Å²) < 4.78 is 22.3. The molecular formula is C16H24O7. The molecule has 23 heavy (non-hydrogen) atoms. The van der Waals surface area contributed by atoms with Crippen LogP contribution in [0.4, 0.5) is 0 Å². The SMILES string of the molecule is C=C(C)C(=O)OC[C@H]1O[C@]2(O)[C@H](OC2(C)C)[C@@]2(O)[C@H]1OC2(C)C. The van der Waals surface area contributed by atoms with Gasteiger partial charge in [-0.05, 0) is 34.6 Å². The van der Waals surface area contributed by atoms with E-state index in [0.29, 0.717) is 0 Å². The fourth-order valence-corrected chi connectivity index (χ4v) is 3.61. The molecule has 0 unspecified atom stereocenters. The second kappa shape index (κ2) is 4.55. The molecule has 0 aliphatic carbocycles. The summed E-state index contributed by atoms with van der Waals surface area (Å²) in [5.41, 5.74) is -3.07. The lowest BCUT2D eigenvalue weighted by Gasteiger charge is -2.73. The maximum absolute atomic E-state index is 11.6. The fourth-order valence-electron chi connectivity index (χ4n) is 3.61. The molecule has 0 aromatic rings. The van der Waals surface area contributed by atoms with Gasteiger partial charge in [0, 0.05) is 5.57 Å². The Labute approximate surface area is 135 Å². The van der Waals surface area contributed by atoms with Crippen molar-refractivity contribution in [3.8, 4) is 0 Å². The minimum absolute atomic E-state index is 0.153. The average molecular weight is 328 g/mol. The molecule has 0 aromatic carbocycles. The van der Waals surface area contributed by atoms with Crippen molar-refractivity contribution in [1.29, 1.82) is 0 Å². The second-order valence-electron chi connectivity index (χ2n) is 7.61. The Hall–Kier alpha value is -0.990. The van der Waals surface area contributed by atoms with Gasteiger partial charge in [-0.2, -0.15) is 0 Å². The standard InChI is InChI=1S/C16H24O7/c1-8(2)11(17)20-7-9-10-15(18,13(3,4)22-10)12-16(19,21-9)14(5,6)23-12/h9-10,12,18-19H,1,7H2,2-6H3/t9-,10+,12-,15+,16-/m1/s1. The molecule has 0 aromatic heterocycles. The van der Waals surface area contributed by atoms with Crippen molar-refractivity contribution < 1.29 is 34.0 Å². The molecule has 3 aliphatic heterocycles. The van der Waals surface area contributed by atoms with Crippen LogP contribution in [-0.2, 0) is 23.7 Å². The van der Waals surface area contributed by atoms with Gasteiger partial charge in [0.2, 0.25) is 5.79 Å². The zero-order valence-electron chi connectivity index (χ0n) is 14.1. The Balaban J connectivity index is 1.85. The summed E-state index contributed by atoms with van der Waals surface area (Å²) in [4.78, 5) is 11.6. The van der Waals surface area contributed by atoms with Crippen LogP contribution in [0, 0.1) is 0 Å². The molecule has 5 atom stereocenters. The van der Waals surface area contributed by atoms with Crippen molar-refractivity contribution in [3.63, 3.8) is 0 Å². The van der Waals surface area contributed by atoms with Gasteiger partial charge in [0.25, 0.3) is 0 Å². The molecule has 0 saturated carbocycles. The highest BCUT2D eigenvalue weighted by atomic mass is 16.8. The van der Waals surface area contributed by atoms with Gasteiger partial charge < -0.3 is 29.2 Å². The van der Waals surface area contributed by atoms with Crippen LogP contribution >= 0.6 is 0 Å².